The van der Waals surface area contributed by atoms with Crippen LogP contribution < -0.4 is 5.32 Å². The number of amides is 1. The highest BCUT2D eigenvalue weighted by atomic mass is 35.5. The van der Waals surface area contributed by atoms with Gasteiger partial charge < -0.3 is 5.32 Å². The van der Waals surface area contributed by atoms with E-state index >= 15 is 0 Å². The summed E-state index contributed by atoms with van der Waals surface area (Å²) < 4.78 is 27.0. The standard InChI is InChI=1S/C21H32ClN3O3S/c1-17-4-2-3-12-24(17)15-11-23-21(26)16-18-9-13-25(14-10-18)29(27,28)20-7-5-19(22)6-8-20/h5-8,17-18H,2-4,9-16H2,1H3,(H,23,26)/t17-/m0/s1. The molecule has 0 aliphatic carbocycles. The molecule has 3 rings (SSSR count). The minimum absolute atomic E-state index is 0.0775. The number of nitrogens with one attached hydrogen (secondary N) is 1. The van der Waals surface area contributed by atoms with Crippen molar-refractivity contribution in [3.63, 3.8) is 0 Å². The lowest BCUT2D eigenvalue weighted by Gasteiger charge is -2.33. The van der Waals surface area contributed by atoms with Crippen LogP contribution in [0.3, 0.4) is 0 Å². The summed E-state index contributed by atoms with van der Waals surface area (Å²) in [5.74, 6) is 0.314. The molecule has 0 saturated carbocycles. The van der Waals surface area contributed by atoms with Crippen LogP contribution in [0.25, 0.3) is 0 Å². The molecular formula is C21H32ClN3O3S. The molecule has 2 saturated heterocycles. The summed E-state index contributed by atoms with van der Waals surface area (Å²) in [7, 11) is -3.49. The predicted molar refractivity (Wildman–Crippen MR) is 115 cm³/mol. The van der Waals surface area contributed by atoms with Crippen molar-refractivity contribution in [1.29, 1.82) is 0 Å². The molecule has 0 unspecified atom stereocenters. The van der Waals surface area contributed by atoms with Gasteiger partial charge in [-0.3, -0.25) is 9.69 Å². The van der Waals surface area contributed by atoms with Gasteiger partial charge in [-0.25, -0.2) is 8.42 Å². The molecule has 1 aromatic carbocycles. The molecular weight excluding hydrogens is 410 g/mol. The second kappa shape index (κ2) is 10.2. The monoisotopic (exact) mass is 441 g/mol. The molecule has 2 aliphatic rings. The first-order chi connectivity index (χ1) is 13.9. The first-order valence-electron chi connectivity index (χ1n) is 10.6. The van der Waals surface area contributed by atoms with E-state index in [1.165, 1.54) is 23.6 Å². The van der Waals surface area contributed by atoms with Gasteiger partial charge in [0.05, 0.1) is 4.90 Å². The number of nitrogens with zero attached hydrogens (tertiary/aromatic N) is 2. The van der Waals surface area contributed by atoms with Gasteiger partial charge in [-0.05, 0) is 69.3 Å². The molecule has 6 nitrogen and oxygen atoms in total. The van der Waals surface area contributed by atoms with Gasteiger partial charge in [0.2, 0.25) is 15.9 Å². The number of carbonyl (C=O) groups excluding carboxylic acids is 1. The number of benzene rings is 1. The molecule has 1 atom stereocenters. The zero-order valence-electron chi connectivity index (χ0n) is 17.1. The van der Waals surface area contributed by atoms with Crippen LogP contribution in [0.15, 0.2) is 29.2 Å². The second-order valence-corrected chi connectivity index (χ2v) is 10.6. The van der Waals surface area contributed by atoms with Crippen LogP contribution in [0.2, 0.25) is 5.02 Å². The number of halogens is 1. The molecule has 1 N–H and O–H groups in total. The summed E-state index contributed by atoms with van der Waals surface area (Å²) in [4.78, 5) is 15.0. The zero-order chi connectivity index (χ0) is 20.9. The molecule has 0 bridgehead atoms. The van der Waals surface area contributed by atoms with Crippen LogP contribution in [-0.2, 0) is 14.8 Å². The number of hydrogen-bond donors (Lipinski definition) is 1. The molecule has 0 aromatic heterocycles. The Kier molecular flexibility index (Phi) is 7.96. The third kappa shape index (κ3) is 6.17. The third-order valence-electron chi connectivity index (χ3n) is 6.16. The SMILES string of the molecule is C[C@H]1CCCCN1CCNC(=O)CC1CCN(S(=O)(=O)c2ccc(Cl)cc2)CC1. The lowest BCUT2D eigenvalue weighted by molar-refractivity contribution is -0.122. The molecule has 2 heterocycles. The Labute approximate surface area is 179 Å². The van der Waals surface area contributed by atoms with Gasteiger partial charge in [-0.15, -0.1) is 0 Å². The summed E-state index contributed by atoms with van der Waals surface area (Å²) in [6, 6.07) is 6.88. The zero-order valence-corrected chi connectivity index (χ0v) is 18.7. The van der Waals surface area contributed by atoms with Crippen molar-refractivity contribution in [3.8, 4) is 0 Å². The third-order valence-corrected chi connectivity index (χ3v) is 8.33. The van der Waals surface area contributed by atoms with E-state index in [2.05, 4.69) is 17.1 Å². The van der Waals surface area contributed by atoms with E-state index in [0.29, 0.717) is 50.0 Å². The molecule has 1 amide bonds. The molecule has 162 valence electrons. The fraction of sp³-hybridized carbons (Fsp3) is 0.667. The van der Waals surface area contributed by atoms with Gasteiger partial charge in [0.25, 0.3) is 0 Å². The largest absolute Gasteiger partial charge is 0.355 e. The van der Waals surface area contributed by atoms with E-state index < -0.39 is 10.0 Å². The quantitative estimate of drug-likeness (QED) is 0.705. The topological polar surface area (TPSA) is 69.7 Å². The van der Waals surface area contributed by atoms with Crippen molar-refractivity contribution in [1.82, 2.24) is 14.5 Å². The summed E-state index contributed by atoms with van der Waals surface area (Å²) >= 11 is 5.85. The summed E-state index contributed by atoms with van der Waals surface area (Å²) in [5, 5.41) is 3.56. The van der Waals surface area contributed by atoms with E-state index in [0.717, 1.165) is 13.1 Å². The van der Waals surface area contributed by atoms with Crippen LogP contribution in [0, 0.1) is 5.92 Å². The summed E-state index contributed by atoms with van der Waals surface area (Å²) in [5.41, 5.74) is 0. The maximum Gasteiger partial charge on any atom is 0.243 e. The highest BCUT2D eigenvalue weighted by Crippen LogP contribution is 2.26. The van der Waals surface area contributed by atoms with Crippen LogP contribution >= 0.6 is 11.6 Å². The van der Waals surface area contributed by atoms with Crippen LogP contribution in [0.4, 0.5) is 0 Å². The van der Waals surface area contributed by atoms with Gasteiger partial charge in [-0.1, -0.05) is 18.0 Å². The Morgan fingerprint density at radius 2 is 1.79 bits per heavy atom. The number of likely N-dealkylation sites (tertiary alicyclic amines) is 1. The lowest BCUT2D eigenvalue weighted by atomic mass is 9.94. The summed E-state index contributed by atoms with van der Waals surface area (Å²) in [6.07, 6.45) is 5.69. The maximum atomic E-state index is 12.7. The molecule has 8 heteroatoms. The van der Waals surface area contributed by atoms with Gasteiger partial charge in [0.1, 0.15) is 0 Å². The highest BCUT2D eigenvalue weighted by Gasteiger charge is 2.30. The molecule has 2 fully saturated rings. The normalized spacial score (nSPS) is 22.5. The van der Waals surface area contributed by atoms with Gasteiger partial charge in [0, 0.05) is 43.7 Å². The lowest BCUT2D eigenvalue weighted by Crippen LogP contribution is -2.43. The van der Waals surface area contributed by atoms with Crippen molar-refractivity contribution >= 4 is 27.5 Å². The van der Waals surface area contributed by atoms with Crippen LogP contribution in [0.1, 0.15) is 45.4 Å². The fourth-order valence-corrected chi connectivity index (χ4v) is 5.87. The van der Waals surface area contributed by atoms with Gasteiger partial charge in [-0.2, -0.15) is 4.31 Å². The Morgan fingerprint density at radius 1 is 1.10 bits per heavy atom. The van der Waals surface area contributed by atoms with Gasteiger partial charge >= 0.3 is 0 Å². The van der Waals surface area contributed by atoms with Crippen molar-refractivity contribution < 1.29 is 13.2 Å². The first-order valence-corrected chi connectivity index (χ1v) is 12.4. The number of carbonyl (C=O) groups is 1. The van der Waals surface area contributed by atoms with Crippen molar-refractivity contribution in [2.45, 2.75) is 56.4 Å². The van der Waals surface area contributed by atoms with Crippen molar-refractivity contribution in [2.75, 3.05) is 32.7 Å². The molecule has 29 heavy (non-hydrogen) atoms. The van der Waals surface area contributed by atoms with Crippen LogP contribution in [-0.4, -0.2) is 62.3 Å². The van der Waals surface area contributed by atoms with E-state index in [-0.39, 0.29) is 16.7 Å². The molecule has 0 spiro atoms. The molecule has 2 aliphatic heterocycles. The van der Waals surface area contributed by atoms with Crippen LogP contribution in [0.5, 0.6) is 0 Å². The Balaban J connectivity index is 1.40. The Bertz CT molecular complexity index is 777. The average Bonchev–Trinajstić information content (AvgIpc) is 2.70. The van der Waals surface area contributed by atoms with Crippen molar-refractivity contribution in [2.24, 2.45) is 5.92 Å². The average molecular weight is 442 g/mol. The van der Waals surface area contributed by atoms with Crippen molar-refractivity contribution in [3.05, 3.63) is 29.3 Å². The molecule has 1 aromatic rings. The second-order valence-electron chi connectivity index (χ2n) is 8.24. The maximum absolute atomic E-state index is 12.7. The van der Waals surface area contributed by atoms with E-state index in [9.17, 15) is 13.2 Å². The van der Waals surface area contributed by atoms with E-state index in [1.807, 2.05) is 0 Å². The fourth-order valence-electron chi connectivity index (χ4n) is 4.27. The minimum atomic E-state index is -3.49. The highest BCUT2D eigenvalue weighted by molar-refractivity contribution is 7.89. The predicted octanol–water partition coefficient (Wildman–Crippen LogP) is 3.12. The van der Waals surface area contributed by atoms with E-state index in [1.54, 1.807) is 24.3 Å². The molecule has 0 radical (unpaired) electrons. The number of hydrogen-bond acceptors (Lipinski definition) is 4. The van der Waals surface area contributed by atoms with E-state index in [4.69, 9.17) is 11.6 Å². The number of sulfonamides is 1. The first kappa shape index (κ1) is 22.5. The minimum Gasteiger partial charge on any atom is -0.355 e. The number of rotatable bonds is 7. The van der Waals surface area contributed by atoms with Gasteiger partial charge in [0.15, 0.2) is 0 Å². The summed E-state index contributed by atoms with van der Waals surface area (Å²) in [6.45, 7) is 5.88. The Morgan fingerprint density at radius 3 is 2.45 bits per heavy atom. The number of piperidine rings is 2. The smallest absolute Gasteiger partial charge is 0.243 e. The Hall–Kier alpha value is -1.15.